The van der Waals surface area contributed by atoms with Gasteiger partial charge < -0.3 is 9.73 Å². The fourth-order valence-corrected chi connectivity index (χ4v) is 3.74. The van der Waals surface area contributed by atoms with E-state index in [4.69, 9.17) is 16.0 Å². The molecule has 0 atom stereocenters. The number of nitrogens with one attached hydrogen (secondary N) is 1. The van der Waals surface area contributed by atoms with Crippen LogP contribution in [0.4, 0.5) is 5.69 Å². The topological polar surface area (TPSA) is 55.1 Å². The van der Waals surface area contributed by atoms with E-state index in [-0.39, 0.29) is 11.7 Å². The predicted octanol–water partition coefficient (Wildman–Crippen LogP) is 6.70. The summed E-state index contributed by atoms with van der Waals surface area (Å²) >= 11 is 7.38. The number of aromatic nitrogens is 1. The maximum atomic E-state index is 12.4. The Morgan fingerprint density at radius 3 is 2.33 bits per heavy atom. The Labute approximate surface area is 184 Å². The van der Waals surface area contributed by atoms with Gasteiger partial charge in [0.15, 0.2) is 5.76 Å². The van der Waals surface area contributed by atoms with Crippen LogP contribution in [0.15, 0.2) is 88.5 Å². The zero-order valence-corrected chi connectivity index (χ0v) is 17.8. The van der Waals surface area contributed by atoms with Gasteiger partial charge in [-0.2, -0.15) is 0 Å². The lowest BCUT2D eigenvalue weighted by Crippen LogP contribution is -2.14. The summed E-state index contributed by atoms with van der Waals surface area (Å²) < 4.78 is 6.04. The Morgan fingerprint density at radius 2 is 1.67 bits per heavy atom. The summed E-state index contributed by atoms with van der Waals surface area (Å²) in [6.07, 6.45) is 0. The molecule has 1 amide bonds. The van der Waals surface area contributed by atoms with Crippen LogP contribution in [-0.4, -0.2) is 16.6 Å². The molecule has 0 bridgehead atoms. The molecule has 30 heavy (non-hydrogen) atoms. The molecule has 0 aliphatic rings. The summed E-state index contributed by atoms with van der Waals surface area (Å²) in [5.74, 6) is 0.713. The van der Waals surface area contributed by atoms with Crippen molar-refractivity contribution in [2.75, 3.05) is 11.1 Å². The highest BCUT2D eigenvalue weighted by atomic mass is 35.5. The summed E-state index contributed by atoms with van der Waals surface area (Å²) in [7, 11) is 0. The molecular formula is C24H19ClN2O2S. The molecule has 6 heteroatoms. The van der Waals surface area contributed by atoms with Crippen molar-refractivity contribution in [3.05, 3.63) is 89.4 Å². The number of hydrogen-bond donors (Lipinski definition) is 1. The molecule has 0 fully saturated rings. The lowest BCUT2D eigenvalue weighted by Gasteiger charge is -2.05. The van der Waals surface area contributed by atoms with Crippen molar-refractivity contribution in [1.82, 2.24) is 4.98 Å². The van der Waals surface area contributed by atoms with E-state index in [9.17, 15) is 4.79 Å². The molecule has 4 aromatic rings. The number of amides is 1. The average molecular weight is 435 g/mol. The molecule has 1 N–H and O–H groups in total. The summed E-state index contributed by atoms with van der Waals surface area (Å²) in [5.41, 5.74) is 4.29. The highest BCUT2D eigenvalue weighted by Crippen LogP contribution is 2.35. The number of thioether (sulfide) groups is 1. The largest absolute Gasteiger partial charge is 0.431 e. The van der Waals surface area contributed by atoms with Crippen molar-refractivity contribution in [1.29, 1.82) is 0 Å². The van der Waals surface area contributed by atoms with Crippen molar-refractivity contribution in [3.8, 4) is 22.6 Å². The number of halogens is 1. The van der Waals surface area contributed by atoms with Crippen LogP contribution in [0.25, 0.3) is 22.6 Å². The van der Waals surface area contributed by atoms with Gasteiger partial charge in [-0.15, -0.1) is 0 Å². The number of nitrogens with zero attached hydrogens (tertiary/aromatic N) is 1. The van der Waals surface area contributed by atoms with Gasteiger partial charge in [-0.25, -0.2) is 4.98 Å². The van der Waals surface area contributed by atoms with Crippen molar-refractivity contribution < 1.29 is 9.21 Å². The lowest BCUT2D eigenvalue weighted by atomic mass is 10.1. The van der Waals surface area contributed by atoms with Gasteiger partial charge in [-0.1, -0.05) is 90.1 Å². The molecule has 150 valence electrons. The highest BCUT2D eigenvalue weighted by molar-refractivity contribution is 7.99. The third kappa shape index (κ3) is 4.75. The second-order valence-electron chi connectivity index (χ2n) is 6.69. The van der Waals surface area contributed by atoms with Gasteiger partial charge in [0.1, 0.15) is 5.69 Å². The Bertz CT molecular complexity index is 1100. The monoisotopic (exact) mass is 434 g/mol. The highest BCUT2D eigenvalue weighted by Gasteiger charge is 2.18. The van der Waals surface area contributed by atoms with Crippen molar-refractivity contribution in [3.63, 3.8) is 0 Å². The third-order valence-corrected chi connectivity index (χ3v) is 5.71. The average Bonchev–Trinajstić information content (AvgIpc) is 3.21. The van der Waals surface area contributed by atoms with Crippen LogP contribution >= 0.6 is 23.4 Å². The molecular weight excluding hydrogens is 416 g/mol. The SMILES string of the molecule is Cc1ccc(NC(=O)CSc2nc(-c3ccccc3)c(-c3ccccc3)o2)cc1Cl. The number of anilines is 1. The molecule has 0 saturated heterocycles. The number of aryl methyl sites for hydroxylation is 1. The molecule has 0 spiro atoms. The molecule has 1 heterocycles. The van der Waals surface area contributed by atoms with E-state index in [1.165, 1.54) is 11.8 Å². The van der Waals surface area contributed by atoms with E-state index >= 15 is 0 Å². The molecule has 0 aliphatic heterocycles. The smallest absolute Gasteiger partial charge is 0.257 e. The van der Waals surface area contributed by atoms with Crippen molar-refractivity contribution in [2.45, 2.75) is 12.1 Å². The summed E-state index contributed by atoms with van der Waals surface area (Å²) in [6, 6.07) is 25.2. The molecule has 4 nitrogen and oxygen atoms in total. The molecule has 4 rings (SSSR count). The van der Waals surface area contributed by atoms with Crippen LogP contribution in [0.5, 0.6) is 0 Å². The first-order chi connectivity index (χ1) is 14.6. The first-order valence-electron chi connectivity index (χ1n) is 9.40. The van der Waals surface area contributed by atoms with Gasteiger partial charge in [0, 0.05) is 21.8 Å². The molecule has 1 aromatic heterocycles. The number of rotatable bonds is 6. The molecule has 3 aromatic carbocycles. The number of carbonyl (C=O) groups excluding carboxylic acids is 1. The zero-order chi connectivity index (χ0) is 20.9. The van der Waals surface area contributed by atoms with E-state index < -0.39 is 0 Å². The van der Waals surface area contributed by atoms with Crippen LogP contribution in [0.3, 0.4) is 0 Å². The minimum Gasteiger partial charge on any atom is -0.431 e. The van der Waals surface area contributed by atoms with Crippen molar-refractivity contribution in [2.24, 2.45) is 0 Å². The van der Waals surface area contributed by atoms with Crippen LogP contribution in [0.2, 0.25) is 5.02 Å². The van der Waals surface area contributed by atoms with Gasteiger partial charge in [0.2, 0.25) is 5.91 Å². The number of oxazole rings is 1. The fourth-order valence-electron chi connectivity index (χ4n) is 2.93. The Kier molecular flexibility index (Phi) is 6.21. The van der Waals surface area contributed by atoms with Gasteiger partial charge in [-0.3, -0.25) is 4.79 Å². The van der Waals surface area contributed by atoms with E-state index in [1.54, 1.807) is 6.07 Å². The van der Waals surface area contributed by atoms with Crippen molar-refractivity contribution >= 4 is 35.0 Å². The minimum absolute atomic E-state index is 0.152. The second-order valence-corrected chi connectivity index (χ2v) is 8.02. The second kappa shape index (κ2) is 9.20. The predicted molar refractivity (Wildman–Crippen MR) is 123 cm³/mol. The van der Waals surface area contributed by atoms with Crippen LogP contribution in [0.1, 0.15) is 5.56 Å². The summed E-state index contributed by atoms with van der Waals surface area (Å²) in [4.78, 5) is 17.0. The van der Waals surface area contributed by atoms with Gasteiger partial charge >= 0.3 is 0 Å². The Morgan fingerprint density at radius 1 is 1.00 bits per heavy atom. The first-order valence-corrected chi connectivity index (χ1v) is 10.8. The molecule has 0 radical (unpaired) electrons. The van der Waals surface area contributed by atoms with E-state index in [0.717, 1.165) is 22.4 Å². The fraction of sp³-hybridized carbons (Fsp3) is 0.0833. The Hall–Kier alpha value is -3.02. The number of benzene rings is 3. The molecule has 0 unspecified atom stereocenters. The van der Waals surface area contributed by atoms with Crippen LogP contribution in [0, 0.1) is 6.92 Å². The molecule has 0 saturated carbocycles. The quantitative estimate of drug-likeness (QED) is 0.343. The summed E-state index contributed by atoms with van der Waals surface area (Å²) in [5, 5.41) is 3.92. The minimum atomic E-state index is -0.152. The maximum Gasteiger partial charge on any atom is 0.257 e. The summed E-state index contributed by atoms with van der Waals surface area (Å²) in [6.45, 7) is 1.92. The van der Waals surface area contributed by atoms with Crippen LogP contribution < -0.4 is 5.32 Å². The standard InChI is InChI=1S/C24H19ClN2O2S/c1-16-12-13-19(14-20(16)25)26-21(28)15-30-24-27-22(17-8-4-2-5-9-17)23(29-24)18-10-6-3-7-11-18/h2-14H,15H2,1H3,(H,26,28). The van der Waals surface area contributed by atoms with E-state index in [0.29, 0.717) is 21.7 Å². The number of carbonyl (C=O) groups is 1. The van der Waals surface area contributed by atoms with Crippen LogP contribution in [-0.2, 0) is 4.79 Å². The number of hydrogen-bond acceptors (Lipinski definition) is 4. The van der Waals surface area contributed by atoms with E-state index in [1.807, 2.05) is 79.7 Å². The van der Waals surface area contributed by atoms with Gasteiger partial charge in [0.25, 0.3) is 5.22 Å². The third-order valence-electron chi connectivity index (χ3n) is 4.47. The zero-order valence-electron chi connectivity index (χ0n) is 16.3. The molecule has 0 aliphatic carbocycles. The van der Waals surface area contributed by atoms with E-state index in [2.05, 4.69) is 10.3 Å². The first kappa shape index (κ1) is 20.3. The maximum absolute atomic E-state index is 12.4. The van der Waals surface area contributed by atoms with Gasteiger partial charge in [0.05, 0.1) is 5.75 Å². The Balaban J connectivity index is 1.52. The van der Waals surface area contributed by atoms with Gasteiger partial charge in [-0.05, 0) is 24.6 Å². The normalized spacial score (nSPS) is 10.7. The lowest BCUT2D eigenvalue weighted by molar-refractivity contribution is -0.113.